The minimum Gasteiger partial charge on any atom is -0.463 e. The van der Waals surface area contributed by atoms with Gasteiger partial charge in [0.15, 0.2) is 17.2 Å². The smallest absolute Gasteiger partial charge is 0.373 e. The maximum atomic E-state index is 11.8. The van der Waals surface area contributed by atoms with Crippen molar-refractivity contribution in [3.8, 4) is 22.7 Å². The molecular formula is C21H15N5O3. The van der Waals surface area contributed by atoms with Gasteiger partial charge >= 0.3 is 5.97 Å². The van der Waals surface area contributed by atoms with E-state index in [0.29, 0.717) is 17.1 Å². The molecule has 4 heterocycles. The summed E-state index contributed by atoms with van der Waals surface area (Å²) in [5, 5.41) is 0.982. The Labute approximate surface area is 164 Å². The summed E-state index contributed by atoms with van der Waals surface area (Å²) < 4.78 is 12.3. The number of rotatable bonds is 3. The van der Waals surface area contributed by atoms with Crippen molar-refractivity contribution in [1.82, 2.24) is 19.4 Å². The summed E-state index contributed by atoms with van der Waals surface area (Å²) in [6.07, 6.45) is 5.22. The Bertz CT molecular complexity index is 1390. The molecule has 0 bridgehead atoms. The summed E-state index contributed by atoms with van der Waals surface area (Å²) in [5.41, 5.74) is 9.66. The Morgan fingerprint density at radius 3 is 2.90 bits per heavy atom. The second-order valence-electron chi connectivity index (χ2n) is 6.38. The van der Waals surface area contributed by atoms with Crippen LogP contribution in [0.4, 0.5) is 5.82 Å². The molecule has 8 heteroatoms. The first-order valence-electron chi connectivity index (χ1n) is 8.82. The largest absolute Gasteiger partial charge is 0.463 e. The van der Waals surface area contributed by atoms with Crippen molar-refractivity contribution in [2.45, 2.75) is 0 Å². The number of pyridine rings is 1. The van der Waals surface area contributed by atoms with Crippen LogP contribution in [0.25, 0.3) is 39.3 Å². The van der Waals surface area contributed by atoms with E-state index in [0.717, 1.165) is 22.2 Å². The number of esters is 1. The van der Waals surface area contributed by atoms with Gasteiger partial charge in [-0.05, 0) is 30.3 Å². The van der Waals surface area contributed by atoms with Crippen molar-refractivity contribution in [1.29, 1.82) is 0 Å². The Morgan fingerprint density at radius 2 is 2.03 bits per heavy atom. The molecule has 4 aromatic heterocycles. The van der Waals surface area contributed by atoms with E-state index >= 15 is 0 Å². The number of ether oxygens (including phenoxy) is 1. The molecule has 142 valence electrons. The van der Waals surface area contributed by atoms with Gasteiger partial charge in [-0.15, -0.1) is 0 Å². The summed E-state index contributed by atoms with van der Waals surface area (Å²) in [6, 6.07) is 13.0. The van der Waals surface area contributed by atoms with Gasteiger partial charge in [-0.25, -0.2) is 14.8 Å². The van der Waals surface area contributed by atoms with Crippen molar-refractivity contribution in [2.24, 2.45) is 0 Å². The maximum absolute atomic E-state index is 11.8. The average molecular weight is 385 g/mol. The van der Waals surface area contributed by atoms with E-state index in [4.69, 9.17) is 14.9 Å². The van der Waals surface area contributed by atoms with Crippen LogP contribution in [-0.2, 0) is 4.74 Å². The molecule has 0 saturated carbocycles. The molecule has 8 nitrogen and oxygen atoms in total. The topological polar surface area (TPSA) is 109 Å². The Kier molecular flexibility index (Phi) is 3.77. The fourth-order valence-corrected chi connectivity index (χ4v) is 3.36. The van der Waals surface area contributed by atoms with Gasteiger partial charge in [0.25, 0.3) is 0 Å². The number of fused-ring (bicyclic) bond motifs is 2. The second-order valence-corrected chi connectivity index (χ2v) is 6.38. The lowest BCUT2D eigenvalue weighted by molar-refractivity contribution is 0.0566. The minimum absolute atomic E-state index is 0.0854. The fourth-order valence-electron chi connectivity index (χ4n) is 3.36. The molecule has 5 aromatic rings. The number of aromatic nitrogens is 4. The maximum Gasteiger partial charge on any atom is 0.373 e. The SMILES string of the molecule is COC(=O)c1ccc(-c2nc(N)c3nccn3c2-c2ccc3ncccc3c2)o1. The Balaban J connectivity index is 1.80. The number of benzene rings is 1. The standard InChI is InChI=1S/C21H15N5O3/c1-28-21(27)16-7-6-15(29-16)17-18(26-10-9-24-20(26)19(22)25-17)13-4-5-14-12(11-13)3-2-8-23-14/h2-11H,1H3,(H2,22,25). The summed E-state index contributed by atoms with van der Waals surface area (Å²) in [5.74, 6) is 0.176. The Morgan fingerprint density at radius 1 is 1.14 bits per heavy atom. The molecule has 2 N–H and O–H groups in total. The van der Waals surface area contributed by atoms with Crippen LogP contribution < -0.4 is 5.73 Å². The summed E-state index contributed by atoms with van der Waals surface area (Å²) in [6.45, 7) is 0. The zero-order valence-electron chi connectivity index (χ0n) is 15.4. The van der Waals surface area contributed by atoms with Crippen LogP contribution in [-0.4, -0.2) is 32.4 Å². The van der Waals surface area contributed by atoms with E-state index in [1.807, 2.05) is 40.9 Å². The molecule has 0 unspecified atom stereocenters. The van der Waals surface area contributed by atoms with Crippen molar-refractivity contribution in [2.75, 3.05) is 12.8 Å². The number of anilines is 1. The number of nitrogens with two attached hydrogens (primary N) is 1. The molecule has 1 aromatic carbocycles. The van der Waals surface area contributed by atoms with Gasteiger partial charge in [0, 0.05) is 29.5 Å². The van der Waals surface area contributed by atoms with Gasteiger partial charge < -0.3 is 14.9 Å². The number of nitrogen functional groups attached to an aromatic ring is 1. The average Bonchev–Trinajstić information content (AvgIpc) is 3.43. The van der Waals surface area contributed by atoms with Crippen LogP contribution in [0.2, 0.25) is 0 Å². The van der Waals surface area contributed by atoms with Gasteiger partial charge in [-0.3, -0.25) is 9.38 Å². The lowest BCUT2D eigenvalue weighted by atomic mass is 10.0. The molecule has 0 atom stereocenters. The normalized spacial score (nSPS) is 11.2. The predicted octanol–water partition coefficient (Wildman–Crippen LogP) is 3.57. The highest BCUT2D eigenvalue weighted by Gasteiger charge is 2.21. The second kappa shape index (κ2) is 6.45. The lowest BCUT2D eigenvalue weighted by Gasteiger charge is -2.12. The molecule has 0 fully saturated rings. The van der Waals surface area contributed by atoms with E-state index in [-0.39, 0.29) is 11.6 Å². The third-order valence-corrected chi connectivity index (χ3v) is 4.67. The van der Waals surface area contributed by atoms with E-state index in [2.05, 4.69) is 15.0 Å². The number of furan rings is 1. The van der Waals surface area contributed by atoms with Gasteiger partial charge in [-0.2, -0.15) is 0 Å². The van der Waals surface area contributed by atoms with Crippen LogP contribution in [0, 0.1) is 0 Å². The molecule has 29 heavy (non-hydrogen) atoms. The van der Waals surface area contributed by atoms with Crippen LogP contribution in [0.5, 0.6) is 0 Å². The monoisotopic (exact) mass is 385 g/mol. The summed E-state index contributed by atoms with van der Waals surface area (Å²) in [7, 11) is 1.30. The third-order valence-electron chi connectivity index (χ3n) is 4.67. The van der Waals surface area contributed by atoms with E-state index in [1.54, 1.807) is 24.5 Å². The van der Waals surface area contributed by atoms with Crippen LogP contribution >= 0.6 is 0 Å². The molecular weight excluding hydrogens is 370 g/mol. The van der Waals surface area contributed by atoms with Crippen LogP contribution in [0.15, 0.2) is 65.5 Å². The van der Waals surface area contributed by atoms with Crippen molar-refractivity contribution < 1.29 is 13.9 Å². The number of carbonyl (C=O) groups is 1. The predicted molar refractivity (Wildman–Crippen MR) is 107 cm³/mol. The van der Waals surface area contributed by atoms with Crippen molar-refractivity contribution in [3.63, 3.8) is 0 Å². The van der Waals surface area contributed by atoms with Crippen LogP contribution in [0.1, 0.15) is 10.6 Å². The Hall–Kier alpha value is -4.20. The van der Waals surface area contributed by atoms with Crippen molar-refractivity contribution in [3.05, 3.63) is 66.8 Å². The first-order valence-corrected chi connectivity index (χ1v) is 8.82. The van der Waals surface area contributed by atoms with Gasteiger partial charge in [-0.1, -0.05) is 12.1 Å². The number of hydrogen-bond acceptors (Lipinski definition) is 7. The van der Waals surface area contributed by atoms with E-state index in [9.17, 15) is 4.79 Å². The zero-order chi connectivity index (χ0) is 20.0. The molecule has 5 rings (SSSR count). The zero-order valence-corrected chi connectivity index (χ0v) is 15.4. The molecule has 0 aliphatic rings. The minimum atomic E-state index is -0.564. The van der Waals surface area contributed by atoms with Gasteiger partial charge in [0.05, 0.1) is 18.3 Å². The number of imidazole rings is 1. The molecule has 0 radical (unpaired) electrons. The first kappa shape index (κ1) is 16.9. The van der Waals surface area contributed by atoms with Gasteiger partial charge in [0.2, 0.25) is 5.76 Å². The summed E-state index contributed by atoms with van der Waals surface area (Å²) in [4.78, 5) is 25.0. The number of methoxy groups -OCH3 is 1. The highest BCUT2D eigenvalue weighted by atomic mass is 16.5. The molecule has 0 aliphatic carbocycles. The molecule has 0 saturated heterocycles. The first-order chi connectivity index (χ1) is 14.2. The third kappa shape index (κ3) is 2.69. The van der Waals surface area contributed by atoms with Crippen LogP contribution in [0.3, 0.4) is 0 Å². The number of nitrogens with zero attached hydrogens (tertiary/aromatic N) is 4. The van der Waals surface area contributed by atoms with Gasteiger partial charge in [0.1, 0.15) is 5.69 Å². The van der Waals surface area contributed by atoms with E-state index in [1.165, 1.54) is 7.11 Å². The molecule has 0 spiro atoms. The molecule has 0 aliphatic heterocycles. The molecule has 0 amide bonds. The number of hydrogen-bond donors (Lipinski definition) is 1. The quantitative estimate of drug-likeness (QED) is 0.473. The fraction of sp³-hybridized carbons (Fsp3) is 0.0476. The highest BCUT2D eigenvalue weighted by Crippen LogP contribution is 2.35. The number of carbonyl (C=O) groups excluding carboxylic acids is 1. The highest BCUT2D eigenvalue weighted by molar-refractivity contribution is 5.90. The lowest BCUT2D eigenvalue weighted by Crippen LogP contribution is -2.03. The van der Waals surface area contributed by atoms with E-state index < -0.39 is 5.97 Å². The van der Waals surface area contributed by atoms with Crippen molar-refractivity contribution >= 4 is 28.3 Å². The summed E-state index contributed by atoms with van der Waals surface area (Å²) >= 11 is 0.